The van der Waals surface area contributed by atoms with Crippen molar-refractivity contribution in [2.75, 3.05) is 41.7 Å². The minimum absolute atomic E-state index is 0.164. The molecule has 5 nitrogen and oxygen atoms in total. The fourth-order valence-corrected chi connectivity index (χ4v) is 2.62. The second-order valence-electron chi connectivity index (χ2n) is 6.21. The van der Waals surface area contributed by atoms with Crippen molar-refractivity contribution in [2.24, 2.45) is 0 Å². The first-order valence-electron chi connectivity index (χ1n) is 8.82. The van der Waals surface area contributed by atoms with E-state index in [2.05, 4.69) is 0 Å². The summed E-state index contributed by atoms with van der Waals surface area (Å²) < 4.78 is 27.4. The fraction of sp³-hybridized carbons (Fsp3) is 0.455. The van der Waals surface area contributed by atoms with Crippen LogP contribution in [0.1, 0.15) is 13.8 Å². The second-order valence-corrected chi connectivity index (χ2v) is 6.21. The maximum Gasteiger partial charge on any atom is 0.218 e. The minimum atomic E-state index is -0.944. The highest BCUT2D eigenvalue weighted by Gasteiger charge is 2.34. The summed E-state index contributed by atoms with van der Waals surface area (Å²) in [4.78, 5) is 0. The monoisotopic (exact) mass is 376 g/mol. The normalized spacial score (nSPS) is 18.7. The van der Waals surface area contributed by atoms with Gasteiger partial charge < -0.3 is 23.7 Å². The zero-order chi connectivity index (χ0) is 20.1. The van der Waals surface area contributed by atoms with Gasteiger partial charge in [0, 0.05) is 34.0 Å². The number of ether oxygens (including phenoxy) is 5. The highest BCUT2D eigenvalue weighted by atomic mass is 16.7. The summed E-state index contributed by atoms with van der Waals surface area (Å²) in [7, 11) is 6.51. The summed E-state index contributed by atoms with van der Waals surface area (Å²) in [6.45, 7) is 4.95. The van der Waals surface area contributed by atoms with Crippen molar-refractivity contribution in [3.05, 3.63) is 71.6 Å². The summed E-state index contributed by atoms with van der Waals surface area (Å²) in [6.07, 6.45) is 17.1. The van der Waals surface area contributed by atoms with E-state index < -0.39 is 5.79 Å². The number of rotatable bonds is 11. The zero-order valence-corrected chi connectivity index (χ0v) is 17.2. The molecule has 0 saturated heterocycles. The van der Waals surface area contributed by atoms with Crippen LogP contribution in [0.25, 0.3) is 0 Å². The Morgan fingerprint density at radius 2 is 1.81 bits per heavy atom. The van der Waals surface area contributed by atoms with E-state index in [9.17, 15) is 0 Å². The first kappa shape index (κ1) is 23.1. The molecular weight excluding hydrogens is 344 g/mol. The van der Waals surface area contributed by atoms with E-state index in [-0.39, 0.29) is 12.7 Å². The molecule has 0 aromatic carbocycles. The summed E-state index contributed by atoms with van der Waals surface area (Å²) in [5, 5.41) is 0. The standard InChI is InChI=1S/C22H32O5/c1-18(16-23-3)11-8-7-9-14-27-21-13-10-12-20(15-19(21)2)22(25-5,26-6)17-24-4/h7-15,21H,16-17H2,1-6H3/b8-7-,14-9+,18-11+. The molecule has 0 aliphatic heterocycles. The van der Waals surface area contributed by atoms with Gasteiger partial charge in [0.05, 0.1) is 12.9 Å². The van der Waals surface area contributed by atoms with Crippen LogP contribution in [0, 0.1) is 0 Å². The average Bonchev–Trinajstić information content (AvgIpc) is 2.84. The molecule has 0 aromatic heterocycles. The van der Waals surface area contributed by atoms with E-state index in [0.29, 0.717) is 6.61 Å². The smallest absolute Gasteiger partial charge is 0.218 e. The Bertz CT molecular complexity index is 619. The predicted octanol–water partition coefficient (Wildman–Crippen LogP) is 4.11. The quantitative estimate of drug-likeness (QED) is 0.308. The van der Waals surface area contributed by atoms with Crippen molar-refractivity contribution >= 4 is 0 Å². The molecule has 0 amide bonds. The Labute approximate surface area is 163 Å². The van der Waals surface area contributed by atoms with Crippen LogP contribution in [-0.4, -0.2) is 53.5 Å². The fourth-order valence-electron chi connectivity index (χ4n) is 2.62. The van der Waals surface area contributed by atoms with Crippen molar-refractivity contribution < 1.29 is 23.7 Å². The Morgan fingerprint density at radius 1 is 1.07 bits per heavy atom. The van der Waals surface area contributed by atoms with E-state index in [1.54, 1.807) is 34.7 Å². The highest BCUT2D eigenvalue weighted by molar-refractivity contribution is 5.38. The third kappa shape index (κ3) is 7.31. The van der Waals surface area contributed by atoms with Gasteiger partial charge in [-0.25, -0.2) is 0 Å². The maximum atomic E-state index is 5.84. The topological polar surface area (TPSA) is 46.2 Å². The molecule has 1 rings (SSSR count). The van der Waals surface area contributed by atoms with E-state index in [4.69, 9.17) is 23.7 Å². The number of hydrogen-bond acceptors (Lipinski definition) is 5. The zero-order valence-electron chi connectivity index (χ0n) is 17.2. The molecule has 0 radical (unpaired) electrons. The molecule has 1 atom stereocenters. The summed E-state index contributed by atoms with van der Waals surface area (Å²) in [5.74, 6) is -0.944. The van der Waals surface area contributed by atoms with Gasteiger partial charge in [-0.3, -0.25) is 0 Å². The van der Waals surface area contributed by atoms with Crippen molar-refractivity contribution in [1.29, 1.82) is 0 Å². The summed E-state index contributed by atoms with van der Waals surface area (Å²) >= 11 is 0. The lowest BCUT2D eigenvalue weighted by atomic mass is 10.0. The largest absolute Gasteiger partial charge is 0.490 e. The first-order chi connectivity index (χ1) is 13.0. The van der Waals surface area contributed by atoms with Crippen molar-refractivity contribution in [3.63, 3.8) is 0 Å². The third-order valence-corrected chi connectivity index (χ3v) is 4.11. The SMILES string of the molecule is COC/C(C)=C/C=C\C=C\OC1C=CC=C(C(COC)(OC)OC)C=C1C. The van der Waals surface area contributed by atoms with Gasteiger partial charge in [0.15, 0.2) is 0 Å². The van der Waals surface area contributed by atoms with Crippen LogP contribution >= 0.6 is 0 Å². The molecule has 150 valence electrons. The highest BCUT2D eigenvalue weighted by Crippen LogP contribution is 2.28. The van der Waals surface area contributed by atoms with E-state index in [1.165, 1.54) is 0 Å². The maximum absolute atomic E-state index is 5.84. The minimum Gasteiger partial charge on any atom is -0.490 e. The molecule has 0 bridgehead atoms. The van der Waals surface area contributed by atoms with E-state index in [1.807, 2.05) is 62.5 Å². The van der Waals surface area contributed by atoms with Gasteiger partial charge >= 0.3 is 0 Å². The van der Waals surface area contributed by atoms with Crippen LogP contribution in [0.3, 0.4) is 0 Å². The molecule has 1 unspecified atom stereocenters. The van der Waals surface area contributed by atoms with Gasteiger partial charge in [0.2, 0.25) is 5.79 Å². The van der Waals surface area contributed by atoms with Crippen LogP contribution in [0.2, 0.25) is 0 Å². The van der Waals surface area contributed by atoms with Crippen LogP contribution in [0.4, 0.5) is 0 Å². The van der Waals surface area contributed by atoms with Gasteiger partial charge in [-0.15, -0.1) is 0 Å². The van der Waals surface area contributed by atoms with Crippen molar-refractivity contribution in [3.8, 4) is 0 Å². The second kappa shape index (κ2) is 12.5. The average molecular weight is 376 g/mol. The molecule has 1 aliphatic carbocycles. The van der Waals surface area contributed by atoms with Gasteiger partial charge in [0.1, 0.15) is 12.7 Å². The molecule has 1 aliphatic rings. The van der Waals surface area contributed by atoms with Crippen LogP contribution in [-0.2, 0) is 23.7 Å². The van der Waals surface area contributed by atoms with Crippen molar-refractivity contribution in [1.82, 2.24) is 0 Å². The molecule has 0 N–H and O–H groups in total. The molecule has 0 fully saturated rings. The van der Waals surface area contributed by atoms with Gasteiger partial charge in [-0.2, -0.15) is 0 Å². The first-order valence-corrected chi connectivity index (χ1v) is 8.82. The van der Waals surface area contributed by atoms with Crippen LogP contribution in [0.5, 0.6) is 0 Å². The lowest BCUT2D eigenvalue weighted by molar-refractivity contribution is -0.202. The molecule has 5 heteroatoms. The molecular formula is C22H32O5. The van der Waals surface area contributed by atoms with E-state index >= 15 is 0 Å². The Kier molecular flexibility index (Phi) is 10.7. The van der Waals surface area contributed by atoms with E-state index in [0.717, 1.165) is 16.7 Å². The van der Waals surface area contributed by atoms with Gasteiger partial charge in [-0.1, -0.05) is 36.5 Å². The third-order valence-electron chi connectivity index (χ3n) is 4.11. The lowest BCUT2D eigenvalue weighted by Gasteiger charge is -2.31. The van der Waals surface area contributed by atoms with Crippen molar-refractivity contribution in [2.45, 2.75) is 25.7 Å². The van der Waals surface area contributed by atoms with Gasteiger partial charge in [-0.05, 0) is 37.1 Å². The number of allylic oxidation sites excluding steroid dienone is 6. The Hall–Kier alpha value is -1.92. The summed E-state index contributed by atoms with van der Waals surface area (Å²) in [5.41, 5.74) is 3.06. The number of hydrogen-bond donors (Lipinski definition) is 0. The molecule has 0 aromatic rings. The molecule has 0 heterocycles. The van der Waals surface area contributed by atoms with Crippen LogP contribution in [0.15, 0.2) is 71.6 Å². The van der Waals surface area contributed by atoms with Gasteiger partial charge in [0.25, 0.3) is 0 Å². The molecule has 27 heavy (non-hydrogen) atoms. The predicted molar refractivity (Wildman–Crippen MR) is 108 cm³/mol. The molecule has 0 saturated carbocycles. The molecule has 0 spiro atoms. The lowest BCUT2D eigenvalue weighted by Crippen LogP contribution is -2.40. The number of methoxy groups -OCH3 is 4. The summed E-state index contributed by atoms with van der Waals surface area (Å²) in [6, 6.07) is 0. The Morgan fingerprint density at radius 3 is 2.44 bits per heavy atom. The Balaban J connectivity index is 2.76. The van der Waals surface area contributed by atoms with Crippen LogP contribution < -0.4 is 0 Å².